The Bertz CT molecular complexity index is 1760. The van der Waals surface area contributed by atoms with Gasteiger partial charge in [0.2, 0.25) is 11.2 Å². The Hall–Kier alpha value is -4.72. The Morgan fingerprint density at radius 2 is 1.51 bits per heavy atom. The number of hydrogen-bond acceptors (Lipinski definition) is 7. The van der Waals surface area contributed by atoms with Crippen molar-refractivity contribution >= 4 is 46.2 Å². The standard InChI is InChI=1S/C32H22Cl2O7/c1-37-21-10-12-23(13-11-21)40-30-19-39-29-17-24(14-15-25(29)32(30)36)41-31(35)16-7-20-5-8-22(9-6-20)38-18-26-27(33)3-2-4-28(26)34/h2-17,19H,18H2,1H3/b16-7+. The van der Waals surface area contributed by atoms with E-state index in [1.165, 1.54) is 30.5 Å². The molecule has 206 valence electrons. The van der Waals surface area contributed by atoms with Crippen LogP contribution in [0.2, 0.25) is 10.0 Å². The Kier molecular flexibility index (Phi) is 8.58. The lowest BCUT2D eigenvalue weighted by Crippen LogP contribution is -2.06. The molecule has 0 saturated carbocycles. The van der Waals surface area contributed by atoms with Crippen molar-refractivity contribution in [3.63, 3.8) is 0 Å². The van der Waals surface area contributed by atoms with E-state index < -0.39 is 5.97 Å². The number of halogens is 2. The minimum absolute atomic E-state index is 0.0272. The molecule has 0 radical (unpaired) electrons. The summed E-state index contributed by atoms with van der Waals surface area (Å²) in [6.45, 7) is 0.225. The lowest BCUT2D eigenvalue weighted by atomic mass is 10.2. The summed E-state index contributed by atoms with van der Waals surface area (Å²) in [5, 5.41) is 1.35. The van der Waals surface area contributed by atoms with Gasteiger partial charge in [-0.1, -0.05) is 41.4 Å². The number of carbonyl (C=O) groups excluding carboxylic acids is 1. The van der Waals surface area contributed by atoms with Gasteiger partial charge in [0.05, 0.1) is 12.5 Å². The highest BCUT2D eigenvalue weighted by Crippen LogP contribution is 2.27. The van der Waals surface area contributed by atoms with E-state index in [0.717, 1.165) is 5.56 Å². The summed E-state index contributed by atoms with van der Waals surface area (Å²) >= 11 is 12.4. The lowest BCUT2D eigenvalue weighted by molar-refractivity contribution is -0.128. The quantitative estimate of drug-likeness (QED) is 0.0976. The van der Waals surface area contributed by atoms with Crippen LogP contribution in [0, 0.1) is 0 Å². The molecule has 1 aromatic heterocycles. The topological polar surface area (TPSA) is 84.2 Å². The molecule has 0 aliphatic carbocycles. The molecule has 9 heteroatoms. The van der Waals surface area contributed by atoms with E-state index in [1.807, 2.05) is 0 Å². The number of esters is 1. The van der Waals surface area contributed by atoms with Gasteiger partial charge in [0.1, 0.15) is 41.5 Å². The summed E-state index contributed by atoms with van der Waals surface area (Å²) in [7, 11) is 1.56. The fraction of sp³-hybridized carbons (Fsp3) is 0.0625. The monoisotopic (exact) mass is 588 g/mol. The average Bonchev–Trinajstić information content (AvgIpc) is 2.98. The predicted octanol–water partition coefficient (Wildman–Crippen LogP) is 8.10. The molecule has 5 rings (SSSR count). The summed E-state index contributed by atoms with van der Waals surface area (Å²) in [5.74, 6) is 1.40. The van der Waals surface area contributed by atoms with Crippen LogP contribution in [-0.2, 0) is 11.4 Å². The maximum atomic E-state index is 12.9. The molecule has 0 aliphatic rings. The Balaban J connectivity index is 1.19. The number of fused-ring (bicyclic) bond motifs is 1. The van der Waals surface area contributed by atoms with Gasteiger partial charge < -0.3 is 23.4 Å². The summed E-state index contributed by atoms with van der Waals surface area (Å²) in [5.41, 5.74) is 1.36. The van der Waals surface area contributed by atoms with Gasteiger partial charge in [-0.25, -0.2) is 4.79 Å². The summed E-state index contributed by atoms with van der Waals surface area (Å²) in [6.07, 6.45) is 4.13. The molecule has 5 aromatic rings. The van der Waals surface area contributed by atoms with Crippen LogP contribution in [0.25, 0.3) is 17.0 Å². The number of carbonyl (C=O) groups is 1. The molecule has 0 saturated heterocycles. The first kappa shape index (κ1) is 27.8. The van der Waals surface area contributed by atoms with E-state index in [0.29, 0.717) is 32.9 Å². The second-order valence-corrected chi connectivity index (χ2v) is 9.49. The molecule has 0 N–H and O–H groups in total. The lowest BCUT2D eigenvalue weighted by Gasteiger charge is -2.09. The first-order chi connectivity index (χ1) is 19.9. The van der Waals surface area contributed by atoms with Crippen molar-refractivity contribution in [1.82, 2.24) is 0 Å². The molecular formula is C32H22Cl2O7. The zero-order valence-corrected chi connectivity index (χ0v) is 23.1. The fourth-order valence-electron chi connectivity index (χ4n) is 3.81. The van der Waals surface area contributed by atoms with Crippen molar-refractivity contribution in [1.29, 1.82) is 0 Å². The van der Waals surface area contributed by atoms with E-state index in [4.69, 9.17) is 46.6 Å². The molecular weight excluding hydrogens is 567 g/mol. The first-order valence-electron chi connectivity index (χ1n) is 12.3. The Morgan fingerprint density at radius 1 is 0.854 bits per heavy atom. The second-order valence-electron chi connectivity index (χ2n) is 8.68. The van der Waals surface area contributed by atoms with E-state index in [1.54, 1.807) is 79.9 Å². The number of hydrogen-bond donors (Lipinski definition) is 0. The third kappa shape index (κ3) is 6.90. The summed E-state index contributed by atoms with van der Waals surface area (Å²) < 4.78 is 27.5. The molecule has 0 atom stereocenters. The predicted molar refractivity (Wildman–Crippen MR) is 157 cm³/mol. The van der Waals surface area contributed by atoms with E-state index in [9.17, 15) is 9.59 Å². The minimum Gasteiger partial charge on any atom is -0.497 e. The fourth-order valence-corrected chi connectivity index (χ4v) is 4.32. The summed E-state index contributed by atoms with van der Waals surface area (Å²) in [4.78, 5) is 25.3. The van der Waals surface area contributed by atoms with Crippen molar-refractivity contribution in [3.8, 4) is 28.7 Å². The van der Waals surface area contributed by atoms with E-state index in [-0.39, 0.29) is 34.5 Å². The zero-order valence-electron chi connectivity index (χ0n) is 21.6. The highest BCUT2D eigenvalue weighted by Gasteiger charge is 2.12. The van der Waals surface area contributed by atoms with Gasteiger partial charge in [-0.05, 0) is 72.3 Å². The minimum atomic E-state index is -0.597. The highest BCUT2D eigenvalue weighted by molar-refractivity contribution is 6.35. The Labute approximate surface area is 245 Å². The van der Waals surface area contributed by atoms with Crippen LogP contribution in [0.1, 0.15) is 11.1 Å². The highest BCUT2D eigenvalue weighted by atomic mass is 35.5. The van der Waals surface area contributed by atoms with Gasteiger partial charge in [0.15, 0.2) is 0 Å². The molecule has 4 aromatic carbocycles. The van der Waals surface area contributed by atoms with Crippen LogP contribution in [0.15, 0.2) is 106 Å². The van der Waals surface area contributed by atoms with Gasteiger partial charge in [-0.15, -0.1) is 0 Å². The number of methoxy groups -OCH3 is 1. The van der Waals surface area contributed by atoms with Crippen molar-refractivity contribution < 1.29 is 28.2 Å². The second kappa shape index (κ2) is 12.6. The van der Waals surface area contributed by atoms with Crippen LogP contribution in [-0.4, -0.2) is 13.1 Å². The first-order valence-corrected chi connectivity index (χ1v) is 13.1. The molecule has 0 unspecified atom stereocenters. The van der Waals surface area contributed by atoms with Crippen LogP contribution in [0.4, 0.5) is 0 Å². The molecule has 1 heterocycles. The third-order valence-corrected chi connectivity index (χ3v) is 6.67. The third-order valence-electron chi connectivity index (χ3n) is 5.96. The van der Waals surface area contributed by atoms with Gasteiger partial charge in [0, 0.05) is 27.8 Å². The van der Waals surface area contributed by atoms with Crippen molar-refractivity contribution in [2.45, 2.75) is 6.61 Å². The van der Waals surface area contributed by atoms with Gasteiger partial charge in [-0.3, -0.25) is 4.79 Å². The summed E-state index contributed by atoms with van der Waals surface area (Å²) in [6, 6.07) is 23.7. The van der Waals surface area contributed by atoms with Crippen molar-refractivity contribution in [2.24, 2.45) is 0 Å². The van der Waals surface area contributed by atoms with Crippen LogP contribution in [0.5, 0.6) is 28.7 Å². The molecule has 0 aliphatic heterocycles. The molecule has 41 heavy (non-hydrogen) atoms. The number of rotatable bonds is 9. The SMILES string of the molecule is COc1ccc(Oc2coc3cc(OC(=O)/C=C/c4ccc(OCc5c(Cl)cccc5Cl)cc4)ccc3c2=O)cc1. The maximum absolute atomic E-state index is 12.9. The van der Waals surface area contributed by atoms with E-state index >= 15 is 0 Å². The smallest absolute Gasteiger partial charge is 0.336 e. The van der Waals surface area contributed by atoms with Gasteiger partial charge >= 0.3 is 5.97 Å². The van der Waals surface area contributed by atoms with Gasteiger partial charge in [0.25, 0.3) is 0 Å². The van der Waals surface area contributed by atoms with Crippen LogP contribution >= 0.6 is 23.2 Å². The molecule has 0 bridgehead atoms. The van der Waals surface area contributed by atoms with Crippen molar-refractivity contribution in [3.05, 3.63) is 129 Å². The average molecular weight is 589 g/mol. The van der Waals surface area contributed by atoms with E-state index in [2.05, 4.69) is 0 Å². The normalized spacial score (nSPS) is 11.0. The largest absolute Gasteiger partial charge is 0.497 e. The molecule has 7 nitrogen and oxygen atoms in total. The van der Waals surface area contributed by atoms with Gasteiger partial charge in [-0.2, -0.15) is 0 Å². The zero-order chi connectivity index (χ0) is 28.8. The number of ether oxygens (including phenoxy) is 4. The van der Waals surface area contributed by atoms with Crippen LogP contribution in [0.3, 0.4) is 0 Å². The van der Waals surface area contributed by atoms with Crippen molar-refractivity contribution in [2.75, 3.05) is 7.11 Å². The number of benzene rings is 4. The molecule has 0 amide bonds. The maximum Gasteiger partial charge on any atom is 0.336 e. The molecule has 0 spiro atoms. The van der Waals surface area contributed by atoms with Crippen LogP contribution < -0.4 is 24.4 Å². The molecule has 0 fully saturated rings. The Morgan fingerprint density at radius 3 is 2.22 bits per heavy atom.